The van der Waals surface area contributed by atoms with Crippen molar-refractivity contribution in [1.29, 1.82) is 0 Å². The van der Waals surface area contributed by atoms with Crippen LogP contribution < -0.4 is 9.47 Å². The smallest absolute Gasteiger partial charge is 0.254 e. The van der Waals surface area contributed by atoms with E-state index in [-0.39, 0.29) is 5.56 Å². The highest BCUT2D eigenvalue weighted by molar-refractivity contribution is 6.00. The van der Waals surface area contributed by atoms with Crippen LogP contribution in [0.15, 0.2) is 67.0 Å². The molecule has 6 heteroatoms. The van der Waals surface area contributed by atoms with Gasteiger partial charge in [0.1, 0.15) is 22.9 Å². The van der Waals surface area contributed by atoms with Gasteiger partial charge in [0.25, 0.3) is 5.69 Å². The van der Waals surface area contributed by atoms with Crippen LogP contribution in [0.5, 0.6) is 5.75 Å². The number of aromatic nitrogens is 2. The number of rotatable bonds is 3. The highest BCUT2D eigenvalue weighted by atomic mass is 19.1. The molecule has 4 aromatic rings. The predicted molar refractivity (Wildman–Crippen MR) is 98.0 cm³/mol. The summed E-state index contributed by atoms with van der Waals surface area (Å²) in [5.41, 5.74) is 2.03. The average molecular weight is 364 g/mol. The summed E-state index contributed by atoms with van der Waals surface area (Å²) >= 11 is 0. The van der Waals surface area contributed by atoms with E-state index in [4.69, 9.17) is 4.74 Å². The molecule has 4 nitrogen and oxygen atoms in total. The van der Waals surface area contributed by atoms with Gasteiger partial charge in [-0.3, -0.25) is 0 Å². The molecule has 0 radical (unpaired) electrons. The molecule has 2 aromatic heterocycles. The Kier molecular flexibility index (Phi) is 4.16. The zero-order valence-corrected chi connectivity index (χ0v) is 14.3. The lowest BCUT2D eigenvalue weighted by Gasteiger charge is -2.13. The Morgan fingerprint density at radius 2 is 1.78 bits per heavy atom. The van der Waals surface area contributed by atoms with Gasteiger partial charge in [0.05, 0.1) is 12.7 Å². The van der Waals surface area contributed by atoms with Gasteiger partial charge in [-0.1, -0.05) is 12.1 Å². The molecule has 0 amide bonds. The third-order valence-corrected chi connectivity index (χ3v) is 4.39. The summed E-state index contributed by atoms with van der Waals surface area (Å²) in [7, 11) is 1.52. The Bertz CT molecular complexity index is 1160. The van der Waals surface area contributed by atoms with Crippen LogP contribution in [0, 0.1) is 16.8 Å². The Morgan fingerprint density at radius 3 is 2.56 bits per heavy atom. The molecule has 0 saturated heterocycles. The van der Waals surface area contributed by atoms with Gasteiger partial charge >= 0.3 is 0 Å². The maximum absolute atomic E-state index is 14.3. The summed E-state index contributed by atoms with van der Waals surface area (Å²) in [5, 5.41) is 13.1. The van der Waals surface area contributed by atoms with E-state index in [1.165, 1.54) is 31.6 Å². The predicted octanol–water partition coefficient (Wildman–Crippen LogP) is 4.49. The molecule has 2 heterocycles. The molecule has 0 atom stereocenters. The SMILES string of the molecule is COc1ccccc1-c1c2nccc(-c3ccc(F)cc3F)c2cc[n+]1[O-]. The van der Waals surface area contributed by atoms with Gasteiger partial charge in [0, 0.05) is 29.3 Å². The van der Waals surface area contributed by atoms with Crippen LogP contribution in [0.3, 0.4) is 0 Å². The molecule has 0 fully saturated rings. The van der Waals surface area contributed by atoms with Gasteiger partial charge in [-0.2, -0.15) is 4.73 Å². The molecular weight excluding hydrogens is 350 g/mol. The summed E-state index contributed by atoms with van der Waals surface area (Å²) in [6.45, 7) is 0. The summed E-state index contributed by atoms with van der Waals surface area (Å²) in [6.07, 6.45) is 2.84. The first kappa shape index (κ1) is 16.9. The maximum Gasteiger partial charge on any atom is 0.254 e. The van der Waals surface area contributed by atoms with E-state index in [1.807, 2.05) is 0 Å². The highest BCUT2D eigenvalue weighted by Crippen LogP contribution is 2.35. The fraction of sp³-hybridized carbons (Fsp3) is 0.0476. The highest BCUT2D eigenvalue weighted by Gasteiger charge is 2.21. The third kappa shape index (κ3) is 2.85. The molecule has 27 heavy (non-hydrogen) atoms. The van der Waals surface area contributed by atoms with Crippen molar-refractivity contribution in [3.05, 3.63) is 83.8 Å². The topological polar surface area (TPSA) is 49.1 Å². The number of halogens is 2. The summed E-state index contributed by atoms with van der Waals surface area (Å²) in [5.74, 6) is -0.809. The minimum Gasteiger partial charge on any atom is -0.618 e. The van der Waals surface area contributed by atoms with E-state index in [0.717, 1.165) is 6.07 Å². The molecule has 0 spiro atoms. The molecule has 4 rings (SSSR count). The number of hydrogen-bond donors (Lipinski definition) is 0. The molecule has 0 unspecified atom stereocenters. The molecule has 0 N–H and O–H groups in total. The molecule has 134 valence electrons. The van der Waals surface area contributed by atoms with Crippen molar-refractivity contribution in [2.24, 2.45) is 0 Å². The lowest BCUT2D eigenvalue weighted by atomic mass is 9.99. The van der Waals surface area contributed by atoms with Gasteiger partial charge in [-0.15, -0.1) is 0 Å². The van der Waals surface area contributed by atoms with E-state index in [0.29, 0.717) is 38.2 Å². The summed E-state index contributed by atoms with van der Waals surface area (Å²) in [6, 6.07) is 13.7. The first-order chi connectivity index (χ1) is 13.1. The monoisotopic (exact) mass is 364 g/mol. The number of benzene rings is 2. The fourth-order valence-electron chi connectivity index (χ4n) is 3.18. The third-order valence-electron chi connectivity index (χ3n) is 4.39. The molecule has 0 bridgehead atoms. The lowest BCUT2D eigenvalue weighted by molar-refractivity contribution is -0.592. The normalized spacial score (nSPS) is 10.9. The van der Waals surface area contributed by atoms with Crippen molar-refractivity contribution in [2.75, 3.05) is 7.11 Å². The average Bonchev–Trinajstić information content (AvgIpc) is 2.67. The first-order valence-corrected chi connectivity index (χ1v) is 8.20. The standard InChI is InChI=1S/C21H14F2N2O2/c1-27-19-5-3-2-4-17(19)21-20-16(9-11-25(21)26)14(8-10-24-20)15-7-6-13(22)12-18(15)23/h2-12H,1H3. The number of ether oxygens (including phenoxy) is 1. The number of para-hydroxylation sites is 1. The summed E-state index contributed by atoms with van der Waals surface area (Å²) in [4.78, 5) is 4.35. The molecule has 2 aromatic carbocycles. The van der Waals surface area contributed by atoms with E-state index < -0.39 is 11.6 Å². The van der Waals surface area contributed by atoms with Crippen LogP contribution in [0.25, 0.3) is 33.3 Å². The van der Waals surface area contributed by atoms with E-state index in [9.17, 15) is 14.0 Å². The van der Waals surface area contributed by atoms with Crippen LogP contribution >= 0.6 is 0 Å². The van der Waals surface area contributed by atoms with Crippen LogP contribution in [-0.2, 0) is 0 Å². The fourth-order valence-corrected chi connectivity index (χ4v) is 3.18. The van der Waals surface area contributed by atoms with Crippen LogP contribution in [0.4, 0.5) is 8.78 Å². The Morgan fingerprint density at radius 1 is 0.963 bits per heavy atom. The van der Waals surface area contributed by atoms with Crippen molar-refractivity contribution in [3.8, 4) is 28.1 Å². The zero-order chi connectivity index (χ0) is 19.0. The second-order valence-electron chi connectivity index (χ2n) is 5.94. The maximum atomic E-state index is 14.3. The van der Waals surface area contributed by atoms with E-state index >= 15 is 0 Å². The molecular formula is C21H14F2N2O2. The second kappa shape index (κ2) is 6.64. The first-order valence-electron chi connectivity index (χ1n) is 8.20. The van der Waals surface area contributed by atoms with Crippen molar-refractivity contribution >= 4 is 10.9 Å². The Labute approximate surface area is 153 Å². The van der Waals surface area contributed by atoms with Crippen LogP contribution in [-0.4, -0.2) is 12.1 Å². The molecule has 0 aliphatic carbocycles. The van der Waals surface area contributed by atoms with Crippen molar-refractivity contribution in [1.82, 2.24) is 4.98 Å². The lowest BCUT2D eigenvalue weighted by Crippen LogP contribution is -2.29. The van der Waals surface area contributed by atoms with Crippen molar-refractivity contribution in [3.63, 3.8) is 0 Å². The molecule has 0 saturated carbocycles. The van der Waals surface area contributed by atoms with E-state index in [2.05, 4.69) is 4.98 Å². The van der Waals surface area contributed by atoms with Crippen LogP contribution in [0.1, 0.15) is 0 Å². The summed E-state index contributed by atoms with van der Waals surface area (Å²) < 4.78 is 33.7. The van der Waals surface area contributed by atoms with Gasteiger partial charge < -0.3 is 9.94 Å². The number of methoxy groups -OCH3 is 1. The number of hydrogen-bond acceptors (Lipinski definition) is 3. The Balaban J connectivity index is 2.04. The number of pyridine rings is 2. The van der Waals surface area contributed by atoms with E-state index in [1.54, 1.807) is 36.4 Å². The zero-order valence-electron chi connectivity index (χ0n) is 14.3. The minimum atomic E-state index is -0.680. The van der Waals surface area contributed by atoms with Gasteiger partial charge in [-0.05, 0) is 35.9 Å². The van der Waals surface area contributed by atoms with Crippen LogP contribution in [0.2, 0.25) is 0 Å². The molecule has 0 aliphatic rings. The Hall–Kier alpha value is -3.54. The second-order valence-corrected chi connectivity index (χ2v) is 5.94. The van der Waals surface area contributed by atoms with Crippen molar-refractivity contribution in [2.45, 2.75) is 0 Å². The van der Waals surface area contributed by atoms with Gasteiger partial charge in [0.2, 0.25) is 0 Å². The quantitative estimate of drug-likeness (QED) is 0.398. The number of nitrogens with zero attached hydrogens (tertiary/aromatic N) is 2. The number of fused-ring (bicyclic) bond motifs is 1. The van der Waals surface area contributed by atoms with Gasteiger partial charge in [-0.25, -0.2) is 13.8 Å². The van der Waals surface area contributed by atoms with Crippen molar-refractivity contribution < 1.29 is 18.2 Å². The minimum absolute atomic E-state index is 0.235. The molecule has 0 aliphatic heterocycles. The van der Waals surface area contributed by atoms with Gasteiger partial charge in [0.15, 0.2) is 6.20 Å². The largest absolute Gasteiger partial charge is 0.618 e.